The maximum absolute atomic E-state index is 12.6. The SMILES string of the molecule is CC(C)CC(=O)N1CCSC12CCN(C(=O)Nc1ccccc1Br)CC2. The summed E-state index contributed by atoms with van der Waals surface area (Å²) in [6.07, 6.45) is 2.28. The molecule has 0 aliphatic carbocycles. The van der Waals surface area contributed by atoms with Crippen LogP contribution in [-0.4, -0.2) is 52.0 Å². The molecule has 2 fully saturated rings. The van der Waals surface area contributed by atoms with Gasteiger partial charge >= 0.3 is 6.03 Å². The zero-order valence-corrected chi connectivity index (χ0v) is 17.7. The van der Waals surface area contributed by atoms with E-state index in [0.29, 0.717) is 25.4 Å². The molecule has 0 saturated carbocycles. The predicted octanol–water partition coefficient (Wildman–Crippen LogP) is 4.39. The smallest absolute Gasteiger partial charge is 0.321 e. The van der Waals surface area contributed by atoms with E-state index in [1.54, 1.807) is 0 Å². The number of hydrogen-bond donors (Lipinski definition) is 1. The molecular weight excluding hydrogens is 414 g/mol. The van der Waals surface area contributed by atoms with Crippen LogP contribution in [0.15, 0.2) is 28.7 Å². The minimum Gasteiger partial charge on any atom is -0.327 e. The lowest BCUT2D eigenvalue weighted by Crippen LogP contribution is -2.54. The van der Waals surface area contributed by atoms with Crippen LogP contribution >= 0.6 is 27.7 Å². The van der Waals surface area contributed by atoms with Gasteiger partial charge in [-0.25, -0.2) is 4.79 Å². The van der Waals surface area contributed by atoms with Crippen molar-refractivity contribution in [1.82, 2.24) is 9.80 Å². The van der Waals surface area contributed by atoms with E-state index in [2.05, 4.69) is 40.0 Å². The van der Waals surface area contributed by atoms with Gasteiger partial charge in [-0.15, -0.1) is 11.8 Å². The van der Waals surface area contributed by atoms with E-state index in [9.17, 15) is 9.59 Å². The molecular formula is C19H26BrN3O2S. The van der Waals surface area contributed by atoms with Crippen molar-refractivity contribution in [2.75, 3.05) is 30.7 Å². The van der Waals surface area contributed by atoms with Gasteiger partial charge < -0.3 is 15.1 Å². The predicted molar refractivity (Wildman–Crippen MR) is 110 cm³/mol. The minimum absolute atomic E-state index is 0.0743. The first-order valence-corrected chi connectivity index (χ1v) is 10.9. The van der Waals surface area contributed by atoms with Crippen molar-refractivity contribution in [3.63, 3.8) is 0 Å². The summed E-state index contributed by atoms with van der Waals surface area (Å²) in [7, 11) is 0. The maximum Gasteiger partial charge on any atom is 0.321 e. The molecule has 1 aromatic rings. The fourth-order valence-corrected chi connectivity index (χ4v) is 5.51. The molecule has 7 heteroatoms. The van der Waals surface area contributed by atoms with E-state index in [-0.39, 0.29) is 16.8 Å². The first-order chi connectivity index (χ1) is 12.4. The number of rotatable bonds is 3. The number of amides is 3. The second-order valence-electron chi connectivity index (χ2n) is 7.34. The van der Waals surface area contributed by atoms with Gasteiger partial charge in [-0.2, -0.15) is 0 Å². The van der Waals surface area contributed by atoms with Crippen molar-refractivity contribution in [3.05, 3.63) is 28.7 Å². The number of carbonyl (C=O) groups is 2. The highest BCUT2D eigenvalue weighted by Crippen LogP contribution is 2.44. The van der Waals surface area contributed by atoms with Gasteiger partial charge in [0.2, 0.25) is 5.91 Å². The standard InChI is InChI=1S/C19H26BrN3O2S/c1-14(2)13-17(24)23-11-12-26-19(23)7-9-22(10-8-19)18(25)21-16-6-4-3-5-15(16)20/h3-6,14H,7-13H2,1-2H3,(H,21,25). The van der Waals surface area contributed by atoms with E-state index >= 15 is 0 Å². The summed E-state index contributed by atoms with van der Waals surface area (Å²) in [6, 6.07) is 7.54. The van der Waals surface area contributed by atoms with E-state index in [4.69, 9.17) is 0 Å². The van der Waals surface area contributed by atoms with Gasteiger partial charge in [0.1, 0.15) is 0 Å². The molecule has 0 bridgehead atoms. The Morgan fingerprint density at radius 3 is 2.58 bits per heavy atom. The third kappa shape index (κ3) is 4.19. The van der Waals surface area contributed by atoms with Gasteiger partial charge in [0.05, 0.1) is 10.6 Å². The number of nitrogens with zero attached hydrogens (tertiary/aromatic N) is 2. The summed E-state index contributed by atoms with van der Waals surface area (Å²) in [6.45, 7) is 6.35. The highest BCUT2D eigenvalue weighted by Gasteiger charge is 2.46. The molecule has 1 N–H and O–H groups in total. The minimum atomic E-state index is -0.115. The number of carbonyl (C=O) groups excluding carboxylic acids is 2. The zero-order valence-electron chi connectivity index (χ0n) is 15.3. The number of anilines is 1. The largest absolute Gasteiger partial charge is 0.327 e. The fourth-order valence-electron chi connectivity index (χ4n) is 3.65. The Morgan fingerprint density at radius 1 is 1.23 bits per heavy atom. The number of halogens is 1. The van der Waals surface area contributed by atoms with Crippen molar-refractivity contribution >= 4 is 45.3 Å². The number of para-hydroxylation sites is 1. The third-order valence-electron chi connectivity index (χ3n) is 5.01. The highest BCUT2D eigenvalue weighted by molar-refractivity contribution is 9.10. The lowest BCUT2D eigenvalue weighted by atomic mass is 10.0. The second kappa shape index (κ2) is 8.21. The van der Waals surface area contributed by atoms with Crippen LogP contribution in [0.4, 0.5) is 10.5 Å². The van der Waals surface area contributed by atoms with Crippen molar-refractivity contribution in [2.24, 2.45) is 5.92 Å². The van der Waals surface area contributed by atoms with Gasteiger partial charge in [0.25, 0.3) is 0 Å². The topological polar surface area (TPSA) is 52.7 Å². The maximum atomic E-state index is 12.6. The monoisotopic (exact) mass is 439 g/mol. The van der Waals surface area contributed by atoms with Crippen molar-refractivity contribution in [2.45, 2.75) is 38.0 Å². The fraction of sp³-hybridized carbons (Fsp3) is 0.579. The lowest BCUT2D eigenvalue weighted by molar-refractivity contribution is -0.135. The van der Waals surface area contributed by atoms with Crippen molar-refractivity contribution < 1.29 is 9.59 Å². The van der Waals surface area contributed by atoms with Crippen LogP contribution in [0.25, 0.3) is 0 Å². The quantitative estimate of drug-likeness (QED) is 0.759. The van der Waals surface area contributed by atoms with Crippen LogP contribution in [0.2, 0.25) is 0 Å². The molecule has 0 unspecified atom stereocenters. The Bertz CT molecular complexity index is 675. The molecule has 2 heterocycles. The van der Waals surface area contributed by atoms with Gasteiger partial charge in [-0.1, -0.05) is 26.0 Å². The molecule has 26 heavy (non-hydrogen) atoms. The molecule has 3 rings (SSSR count). The van der Waals surface area contributed by atoms with Crippen LogP contribution in [0, 0.1) is 5.92 Å². The summed E-state index contributed by atoms with van der Waals surface area (Å²) in [5, 5.41) is 2.97. The molecule has 142 valence electrons. The second-order valence-corrected chi connectivity index (χ2v) is 9.65. The molecule has 2 saturated heterocycles. The normalized spacial score (nSPS) is 19.2. The summed E-state index contributed by atoms with van der Waals surface area (Å²) in [5.41, 5.74) is 0.779. The molecule has 2 aliphatic rings. The summed E-state index contributed by atoms with van der Waals surface area (Å²) in [4.78, 5) is 29.1. The number of thioether (sulfide) groups is 1. The van der Waals surface area contributed by atoms with Crippen LogP contribution in [-0.2, 0) is 4.79 Å². The third-order valence-corrected chi connectivity index (χ3v) is 7.25. The summed E-state index contributed by atoms with van der Waals surface area (Å²) in [5.74, 6) is 1.63. The molecule has 3 amide bonds. The molecule has 0 radical (unpaired) electrons. The van der Waals surface area contributed by atoms with Crippen molar-refractivity contribution in [1.29, 1.82) is 0 Å². The molecule has 1 aromatic carbocycles. The van der Waals surface area contributed by atoms with Gasteiger partial charge in [0, 0.05) is 36.3 Å². The highest BCUT2D eigenvalue weighted by atomic mass is 79.9. The van der Waals surface area contributed by atoms with Crippen molar-refractivity contribution in [3.8, 4) is 0 Å². The molecule has 0 atom stereocenters. The van der Waals surface area contributed by atoms with Gasteiger partial charge in [-0.3, -0.25) is 4.79 Å². The lowest BCUT2D eigenvalue weighted by Gasteiger charge is -2.44. The van der Waals surface area contributed by atoms with Gasteiger partial charge in [-0.05, 0) is 46.8 Å². The van der Waals surface area contributed by atoms with Gasteiger partial charge in [0.15, 0.2) is 0 Å². The van der Waals surface area contributed by atoms with Crippen LogP contribution in [0.5, 0.6) is 0 Å². The average Bonchev–Trinajstić information content (AvgIpc) is 3.00. The van der Waals surface area contributed by atoms with E-state index in [1.165, 1.54) is 0 Å². The Hall–Kier alpha value is -1.21. The number of urea groups is 1. The Balaban J connectivity index is 1.60. The summed E-state index contributed by atoms with van der Waals surface area (Å²) >= 11 is 5.35. The first kappa shape index (κ1) is 19.5. The Morgan fingerprint density at radius 2 is 1.92 bits per heavy atom. The molecule has 1 spiro atoms. The van der Waals surface area contributed by atoms with E-state index < -0.39 is 0 Å². The molecule has 5 nitrogen and oxygen atoms in total. The average molecular weight is 440 g/mol. The number of benzene rings is 1. The molecule has 0 aromatic heterocycles. The van der Waals surface area contributed by atoms with Crippen LogP contribution < -0.4 is 5.32 Å². The number of piperidine rings is 1. The molecule has 2 aliphatic heterocycles. The van der Waals surface area contributed by atoms with E-state index in [1.807, 2.05) is 40.9 Å². The number of hydrogen-bond acceptors (Lipinski definition) is 3. The van der Waals surface area contributed by atoms with Crippen LogP contribution in [0.1, 0.15) is 33.1 Å². The van der Waals surface area contributed by atoms with E-state index in [0.717, 1.165) is 35.3 Å². The zero-order chi connectivity index (χ0) is 18.7. The Kier molecular flexibility index (Phi) is 6.17. The first-order valence-electron chi connectivity index (χ1n) is 9.16. The number of likely N-dealkylation sites (tertiary alicyclic amines) is 1. The Labute approximate surface area is 168 Å². The van der Waals surface area contributed by atoms with Crippen LogP contribution in [0.3, 0.4) is 0 Å². The number of nitrogens with one attached hydrogen (secondary N) is 1. The summed E-state index contributed by atoms with van der Waals surface area (Å²) < 4.78 is 0.874.